The largest absolute Gasteiger partial charge is 0.242 e. The van der Waals surface area contributed by atoms with Gasteiger partial charge in [-0.05, 0) is 98.6 Å². The molecule has 0 aliphatic carbocycles. The molecule has 0 spiro atoms. The minimum Gasteiger partial charge on any atom is -0.0796 e. The van der Waals surface area contributed by atoms with E-state index in [4.69, 9.17) is 0 Å². The lowest BCUT2D eigenvalue weighted by Gasteiger charge is -2.33. The summed E-state index contributed by atoms with van der Waals surface area (Å²) in [7, 11) is -0.970. The lowest BCUT2D eigenvalue weighted by atomic mass is 9.36. The van der Waals surface area contributed by atoms with Gasteiger partial charge in [0.25, 0.3) is 0 Å². The van der Waals surface area contributed by atoms with Crippen LogP contribution in [-0.4, -0.2) is 6.71 Å². The fraction of sp³-hybridized carbons (Fsp3) is 0.227. The summed E-state index contributed by atoms with van der Waals surface area (Å²) < 4.78 is 0. The summed E-state index contributed by atoms with van der Waals surface area (Å²) in [5.41, 5.74) is 13.4. The maximum Gasteiger partial charge on any atom is 0.242 e. The molecule has 0 bridgehead atoms. The molecule has 0 heterocycles. The fourth-order valence-corrected chi connectivity index (χ4v) is 10.1. The van der Waals surface area contributed by atoms with E-state index in [1.165, 1.54) is 71.3 Å². The molecule has 0 saturated heterocycles. The molecule has 46 heavy (non-hydrogen) atoms. The second-order valence-corrected chi connectivity index (χ2v) is 16.0. The van der Waals surface area contributed by atoms with Crippen LogP contribution in [0.2, 0.25) is 0 Å². The van der Waals surface area contributed by atoms with E-state index in [1.807, 2.05) is 0 Å². The third kappa shape index (κ3) is 7.54. The highest BCUT2D eigenvalue weighted by Gasteiger charge is 2.33. The molecule has 0 aliphatic rings. The Kier molecular flexibility index (Phi) is 10.3. The molecule has 0 aromatic heterocycles. The van der Waals surface area contributed by atoms with Crippen molar-refractivity contribution in [3.63, 3.8) is 0 Å². The number of hydrogen-bond acceptors (Lipinski definition) is 0. The van der Waals surface area contributed by atoms with Gasteiger partial charge in [-0.15, -0.1) is 0 Å². The van der Waals surface area contributed by atoms with Crippen LogP contribution in [0.1, 0.15) is 59.7 Å². The van der Waals surface area contributed by atoms with Crippen LogP contribution in [0.15, 0.2) is 133 Å². The number of allylic oxidation sites excluding steroid dienone is 3. The van der Waals surface area contributed by atoms with E-state index >= 15 is 0 Å². The van der Waals surface area contributed by atoms with E-state index in [9.17, 15) is 0 Å². The van der Waals surface area contributed by atoms with Crippen molar-refractivity contribution in [2.45, 2.75) is 62.3 Å². The molecule has 0 aliphatic heterocycles. The van der Waals surface area contributed by atoms with Crippen molar-refractivity contribution < 1.29 is 0 Å². The van der Waals surface area contributed by atoms with Crippen molar-refractivity contribution in [3.8, 4) is 0 Å². The molecule has 5 aromatic carbocycles. The highest BCUT2D eigenvalue weighted by atomic mass is 31.1. The highest BCUT2D eigenvalue weighted by molar-refractivity contribution is 7.82. The highest BCUT2D eigenvalue weighted by Crippen LogP contribution is 2.54. The first kappa shape index (κ1) is 33.4. The summed E-state index contributed by atoms with van der Waals surface area (Å²) in [4.78, 5) is 0. The Bertz CT molecular complexity index is 1720. The predicted octanol–water partition coefficient (Wildman–Crippen LogP) is 9.83. The third-order valence-corrected chi connectivity index (χ3v) is 11.9. The molecule has 5 aromatic rings. The van der Waals surface area contributed by atoms with Gasteiger partial charge in [0, 0.05) is 0 Å². The van der Waals surface area contributed by atoms with Crippen LogP contribution in [0.4, 0.5) is 0 Å². The van der Waals surface area contributed by atoms with Gasteiger partial charge in [-0.1, -0.05) is 176 Å². The Morgan fingerprint density at radius 1 is 0.543 bits per heavy atom. The van der Waals surface area contributed by atoms with E-state index < -0.39 is 7.92 Å². The molecule has 0 nitrogen and oxygen atoms in total. The maximum absolute atomic E-state index is 2.47. The van der Waals surface area contributed by atoms with Crippen LogP contribution >= 0.6 is 7.92 Å². The summed E-state index contributed by atoms with van der Waals surface area (Å²) in [6.45, 7) is 20.7. The second-order valence-electron chi connectivity index (χ2n) is 14.0. The Labute approximate surface area is 280 Å². The Morgan fingerprint density at radius 2 is 0.913 bits per heavy atom. The van der Waals surface area contributed by atoms with Gasteiger partial charge in [0.2, 0.25) is 6.71 Å². The summed E-state index contributed by atoms with van der Waals surface area (Å²) in [6.07, 6.45) is 4.89. The van der Waals surface area contributed by atoms with Crippen molar-refractivity contribution in [1.29, 1.82) is 0 Å². The van der Waals surface area contributed by atoms with E-state index in [0.717, 1.165) is 0 Å². The van der Waals surface area contributed by atoms with Gasteiger partial charge >= 0.3 is 0 Å². The minimum absolute atomic E-state index is 0.0130. The molecule has 0 atom stereocenters. The van der Waals surface area contributed by atoms with Crippen LogP contribution in [-0.2, 0) is 0 Å². The number of aryl methyl sites for hydroxylation is 6. The number of benzene rings is 5. The Balaban J connectivity index is 2.05. The maximum atomic E-state index is 2.47. The molecule has 0 unspecified atom stereocenters. The minimum atomic E-state index is -0.970. The van der Waals surface area contributed by atoms with Gasteiger partial charge in [0.15, 0.2) is 0 Å². The average molecular weight is 619 g/mol. The van der Waals surface area contributed by atoms with Gasteiger partial charge in [-0.2, -0.15) is 0 Å². The fourth-order valence-electron chi connectivity index (χ4n) is 6.90. The van der Waals surface area contributed by atoms with Crippen LogP contribution in [0, 0.1) is 47.0 Å². The van der Waals surface area contributed by atoms with Crippen LogP contribution in [0.5, 0.6) is 0 Å². The van der Waals surface area contributed by atoms with Gasteiger partial charge < -0.3 is 0 Å². The molecule has 2 heteroatoms. The van der Waals surface area contributed by atoms with Crippen molar-refractivity contribution in [3.05, 3.63) is 172 Å². The normalized spacial score (nSPS) is 12.5. The van der Waals surface area contributed by atoms with E-state index in [1.54, 1.807) is 0 Å². The standard InChI is InChI=1S/C44H48BP/c1-31-27-33(3)41(34(4)28-31)46(42-35(5)29-32(2)30-36(42)6)43(37-19-13-10-14-20-37)40(25-26-44(7,8)9)45(38-21-15-11-16-22-38)39-23-17-12-18-24-39/h10-30H,1-9H3/b26-25+,43-40+. The first-order chi connectivity index (χ1) is 21.9. The molecule has 0 N–H and O–H groups in total. The smallest absolute Gasteiger partial charge is 0.0796 e. The molecular formula is C44H48BP. The average Bonchev–Trinajstić information content (AvgIpc) is 3.00. The Morgan fingerprint density at radius 3 is 1.28 bits per heavy atom. The number of hydrogen-bond donors (Lipinski definition) is 0. The van der Waals surface area contributed by atoms with Crippen LogP contribution in [0.3, 0.4) is 0 Å². The molecule has 0 saturated carbocycles. The van der Waals surface area contributed by atoms with Crippen molar-refractivity contribution in [1.82, 2.24) is 0 Å². The lowest BCUT2D eigenvalue weighted by Crippen LogP contribution is -2.44. The summed E-state index contributed by atoms with van der Waals surface area (Å²) in [5.74, 6) is 0. The summed E-state index contributed by atoms with van der Waals surface area (Å²) in [6, 6.07) is 43.0. The SMILES string of the molecule is Cc1cc(C)c(P(/C(=C(\C=C\C(C)(C)C)B(c2ccccc2)c2ccccc2)c2ccccc2)c2c(C)cc(C)cc2C)c(C)c1. The molecule has 5 rings (SSSR count). The first-order valence-electron chi connectivity index (χ1n) is 16.5. The summed E-state index contributed by atoms with van der Waals surface area (Å²) >= 11 is 0. The zero-order chi connectivity index (χ0) is 33.0. The topological polar surface area (TPSA) is 0 Å². The van der Waals surface area contributed by atoms with Crippen molar-refractivity contribution in [2.24, 2.45) is 5.41 Å². The summed E-state index contributed by atoms with van der Waals surface area (Å²) in [5, 5.41) is 4.37. The second kappa shape index (κ2) is 14.2. The van der Waals surface area contributed by atoms with Gasteiger partial charge in [-0.25, -0.2) is 0 Å². The zero-order valence-electron chi connectivity index (χ0n) is 29.1. The van der Waals surface area contributed by atoms with Crippen molar-refractivity contribution >= 4 is 41.5 Å². The van der Waals surface area contributed by atoms with Gasteiger partial charge in [0.05, 0.1) is 0 Å². The molecular weight excluding hydrogens is 570 g/mol. The number of rotatable bonds is 8. The molecule has 0 fully saturated rings. The first-order valence-corrected chi connectivity index (χ1v) is 17.8. The molecule has 0 radical (unpaired) electrons. The quantitative estimate of drug-likeness (QED) is 0.0923. The zero-order valence-corrected chi connectivity index (χ0v) is 30.0. The third-order valence-electron chi connectivity index (χ3n) is 8.60. The Hall–Kier alpha value is -3.93. The van der Waals surface area contributed by atoms with Crippen molar-refractivity contribution in [2.75, 3.05) is 0 Å². The monoisotopic (exact) mass is 618 g/mol. The van der Waals surface area contributed by atoms with Crippen LogP contribution in [0.25, 0.3) is 5.31 Å². The predicted molar refractivity (Wildman–Crippen MR) is 207 cm³/mol. The van der Waals surface area contributed by atoms with Gasteiger partial charge in [0.1, 0.15) is 0 Å². The molecule has 232 valence electrons. The lowest BCUT2D eigenvalue weighted by molar-refractivity contribution is 0.544. The van der Waals surface area contributed by atoms with E-state index in [0.29, 0.717) is 0 Å². The molecule has 0 amide bonds. The van der Waals surface area contributed by atoms with Gasteiger partial charge in [-0.3, -0.25) is 0 Å². The van der Waals surface area contributed by atoms with E-state index in [-0.39, 0.29) is 12.1 Å². The van der Waals surface area contributed by atoms with E-state index in [2.05, 4.69) is 190 Å². The van der Waals surface area contributed by atoms with Crippen LogP contribution < -0.4 is 21.5 Å².